The highest BCUT2D eigenvalue weighted by atomic mass is 35.5. The summed E-state index contributed by atoms with van der Waals surface area (Å²) in [7, 11) is 0. The van der Waals surface area contributed by atoms with Crippen LogP contribution in [0.3, 0.4) is 0 Å². The van der Waals surface area contributed by atoms with Gasteiger partial charge in [-0.2, -0.15) is 13.2 Å². The summed E-state index contributed by atoms with van der Waals surface area (Å²) in [5.41, 5.74) is -0.763. The van der Waals surface area contributed by atoms with Gasteiger partial charge in [0, 0.05) is 12.2 Å². The van der Waals surface area contributed by atoms with Crippen molar-refractivity contribution in [3.8, 4) is 0 Å². The number of carbonyl (C=O) groups is 1. The van der Waals surface area contributed by atoms with Crippen LogP contribution in [0.5, 0.6) is 0 Å². The van der Waals surface area contributed by atoms with Gasteiger partial charge >= 0.3 is 6.18 Å². The van der Waals surface area contributed by atoms with Gasteiger partial charge in [-0.25, -0.2) is 0 Å². The second-order valence-electron chi connectivity index (χ2n) is 6.56. The Labute approximate surface area is 157 Å². The summed E-state index contributed by atoms with van der Waals surface area (Å²) in [6.07, 6.45) is 0.451. The van der Waals surface area contributed by atoms with Gasteiger partial charge in [-0.3, -0.25) is 9.20 Å². The number of nitrogens with zero attached hydrogens (tertiary/aromatic N) is 3. The highest BCUT2D eigenvalue weighted by Crippen LogP contribution is 2.33. The highest BCUT2D eigenvalue weighted by molar-refractivity contribution is 7.99. The first kappa shape index (κ1) is 19.3. The van der Waals surface area contributed by atoms with Crippen molar-refractivity contribution in [1.82, 2.24) is 19.9 Å². The molecule has 1 aliphatic rings. The second-order valence-corrected chi connectivity index (χ2v) is 7.91. The summed E-state index contributed by atoms with van der Waals surface area (Å²) in [6, 6.07) is 0.984. The maximum absolute atomic E-state index is 13.0. The van der Waals surface area contributed by atoms with Gasteiger partial charge in [0.2, 0.25) is 5.91 Å². The SMILES string of the molecule is CC1CCC(NC(=O)CSc2nnc3c(Cl)cc(C(F)(F)F)cn23)CC1. The maximum Gasteiger partial charge on any atom is 0.417 e. The van der Waals surface area contributed by atoms with E-state index in [1.165, 1.54) is 4.40 Å². The van der Waals surface area contributed by atoms with E-state index in [-0.39, 0.29) is 33.5 Å². The molecule has 1 fully saturated rings. The third-order valence-electron chi connectivity index (χ3n) is 4.47. The Hall–Kier alpha value is -1.48. The second kappa shape index (κ2) is 7.64. The summed E-state index contributed by atoms with van der Waals surface area (Å²) < 4.78 is 40.0. The predicted molar refractivity (Wildman–Crippen MR) is 93.3 cm³/mol. The molecule has 0 unspecified atom stereocenters. The number of pyridine rings is 1. The molecule has 2 aromatic rings. The molecule has 142 valence electrons. The summed E-state index contributed by atoms with van der Waals surface area (Å²) in [5, 5.41) is 10.7. The lowest BCUT2D eigenvalue weighted by Crippen LogP contribution is -2.38. The molecular weight excluding hydrogens is 389 g/mol. The van der Waals surface area contributed by atoms with Crippen molar-refractivity contribution in [2.45, 2.75) is 50.0 Å². The summed E-state index contributed by atoms with van der Waals surface area (Å²) in [5.74, 6) is 0.581. The summed E-state index contributed by atoms with van der Waals surface area (Å²) >= 11 is 6.91. The Morgan fingerprint density at radius 3 is 2.69 bits per heavy atom. The summed E-state index contributed by atoms with van der Waals surface area (Å²) in [6.45, 7) is 2.20. The number of amides is 1. The van der Waals surface area contributed by atoms with Crippen LogP contribution in [0.1, 0.15) is 38.2 Å². The topological polar surface area (TPSA) is 59.3 Å². The number of rotatable bonds is 4. The van der Waals surface area contributed by atoms with Gasteiger partial charge in [0.25, 0.3) is 0 Å². The monoisotopic (exact) mass is 406 g/mol. The first-order valence-corrected chi connectivity index (χ1v) is 9.64. The van der Waals surface area contributed by atoms with Gasteiger partial charge in [-0.1, -0.05) is 30.3 Å². The van der Waals surface area contributed by atoms with Crippen molar-refractivity contribution in [3.05, 3.63) is 22.8 Å². The molecule has 5 nitrogen and oxygen atoms in total. The van der Waals surface area contributed by atoms with Crippen molar-refractivity contribution in [2.75, 3.05) is 5.75 Å². The zero-order valence-electron chi connectivity index (χ0n) is 14.0. The molecule has 1 amide bonds. The zero-order chi connectivity index (χ0) is 18.9. The molecule has 1 N–H and O–H groups in total. The van der Waals surface area contributed by atoms with Crippen LogP contribution in [0.2, 0.25) is 5.02 Å². The lowest BCUT2D eigenvalue weighted by Gasteiger charge is -2.26. The fraction of sp³-hybridized carbons (Fsp3) is 0.562. The standard InChI is InChI=1S/C16H18ClF3N4OS/c1-9-2-4-11(5-3-9)21-13(25)8-26-15-23-22-14-12(17)6-10(7-24(14)15)16(18,19)20/h6-7,9,11H,2-5,8H2,1H3,(H,21,25). The van der Waals surface area contributed by atoms with E-state index in [4.69, 9.17) is 11.6 Å². The van der Waals surface area contributed by atoms with E-state index in [1.807, 2.05) is 0 Å². The Balaban J connectivity index is 1.67. The minimum Gasteiger partial charge on any atom is -0.353 e. The summed E-state index contributed by atoms with van der Waals surface area (Å²) in [4.78, 5) is 12.1. The molecule has 10 heteroatoms. The Morgan fingerprint density at radius 2 is 2.04 bits per heavy atom. The lowest BCUT2D eigenvalue weighted by molar-refractivity contribution is -0.137. The minimum atomic E-state index is -4.53. The predicted octanol–water partition coefficient (Wildman–Crippen LogP) is 4.19. The Bertz CT molecular complexity index is 803. The van der Waals surface area contributed by atoms with Crippen molar-refractivity contribution >= 4 is 34.9 Å². The number of hydrogen-bond donors (Lipinski definition) is 1. The molecule has 3 rings (SSSR count). The molecule has 0 atom stereocenters. The number of alkyl halides is 3. The van der Waals surface area contributed by atoms with Crippen molar-refractivity contribution in [1.29, 1.82) is 0 Å². The quantitative estimate of drug-likeness (QED) is 0.773. The van der Waals surface area contributed by atoms with Crippen LogP contribution in [-0.2, 0) is 11.0 Å². The van der Waals surface area contributed by atoms with Crippen molar-refractivity contribution in [3.63, 3.8) is 0 Å². The van der Waals surface area contributed by atoms with Crippen LogP contribution in [-0.4, -0.2) is 32.3 Å². The van der Waals surface area contributed by atoms with Crippen LogP contribution in [0.25, 0.3) is 5.65 Å². The first-order chi connectivity index (χ1) is 12.2. The number of nitrogens with one attached hydrogen (secondary N) is 1. The van der Waals surface area contributed by atoms with E-state index in [0.717, 1.165) is 49.7 Å². The normalized spacial score (nSPS) is 21.1. The zero-order valence-corrected chi connectivity index (χ0v) is 15.6. The molecule has 1 aliphatic carbocycles. The molecule has 0 aliphatic heterocycles. The third-order valence-corrected chi connectivity index (χ3v) is 5.69. The van der Waals surface area contributed by atoms with E-state index >= 15 is 0 Å². The number of aromatic nitrogens is 3. The van der Waals surface area contributed by atoms with Crippen LogP contribution in [0, 0.1) is 5.92 Å². The molecule has 0 saturated heterocycles. The average Bonchev–Trinajstić information content (AvgIpc) is 2.98. The van der Waals surface area contributed by atoms with Gasteiger partial charge in [0.15, 0.2) is 10.8 Å². The number of fused-ring (bicyclic) bond motifs is 1. The molecular formula is C16H18ClF3N4OS. The molecule has 1 saturated carbocycles. The van der Waals surface area contributed by atoms with E-state index in [0.29, 0.717) is 5.92 Å². The fourth-order valence-corrected chi connectivity index (χ4v) is 3.96. The molecule has 0 spiro atoms. The van der Waals surface area contributed by atoms with Gasteiger partial charge in [0.05, 0.1) is 16.3 Å². The number of halogens is 4. The van der Waals surface area contributed by atoms with E-state index in [1.54, 1.807) is 0 Å². The lowest BCUT2D eigenvalue weighted by atomic mass is 9.87. The third kappa shape index (κ3) is 4.43. The van der Waals surface area contributed by atoms with E-state index in [9.17, 15) is 18.0 Å². The van der Waals surface area contributed by atoms with E-state index < -0.39 is 11.7 Å². The number of thioether (sulfide) groups is 1. The Morgan fingerprint density at radius 1 is 1.35 bits per heavy atom. The van der Waals surface area contributed by atoms with Gasteiger partial charge in [0.1, 0.15) is 0 Å². The van der Waals surface area contributed by atoms with Crippen molar-refractivity contribution < 1.29 is 18.0 Å². The van der Waals surface area contributed by atoms with Crippen LogP contribution in [0.4, 0.5) is 13.2 Å². The van der Waals surface area contributed by atoms with Gasteiger partial charge < -0.3 is 5.32 Å². The molecule has 0 bridgehead atoms. The minimum absolute atomic E-state index is 0.0563. The Kier molecular flexibility index (Phi) is 5.67. The van der Waals surface area contributed by atoms with Crippen LogP contribution in [0.15, 0.2) is 17.4 Å². The maximum atomic E-state index is 13.0. The molecule has 0 radical (unpaired) electrons. The van der Waals surface area contributed by atoms with Crippen LogP contribution < -0.4 is 5.32 Å². The average molecular weight is 407 g/mol. The van der Waals surface area contributed by atoms with E-state index in [2.05, 4.69) is 22.4 Å². The fourth-order valence-electron chi connectivity index (χ4n) is 2.99. The largest absolute Gasteiger partial charge is 0.417 e. The van der Waals surface area contributed by atoms with Crippen LogP contribution >= 0.6 is 23.4 Å². The number of carbonyl (C=O) groups excluding carboxylic acids is 1. The smallest absolute Gasteiger partial charge is 0.353 e. The molecule has 2 heterocycles. The van der Waals surface area contributed by atoms with Crippen molar-refractivity contribution in [2.24, 2.45) is 5.92 Å². The first-order valence-electron chi connectivity index (χ1n) is 8.27. The van der Waals surface area contributed by atoms with Gasteiger partial charge in [-0.15, -0.1) is 10.2 Å². The molecule has 0 aromatic carbocycles. The highest BCUT2D eigenvalue weighted by Gasteiger charge is 2.32. The molecule has 2 aromatic heterocycles. The van der Waals surface area contributed by atoms with Gasteiger partial charge in [-0.05, 0) is 37.7 Å². The molecule has 26 heavy (non-hydrogen) atoms. The number of hydrogen-bond acceptors (Lipinski definition) is 4.